The molecule has 5 rings (SSSR count). The topological polar surface area (TPSA) is 69.9 Å². The number of furan rings is 1. The fourth-order valence-corrected chi connectivity index (χ4v) is 4.06. The van der Waals surface area contributed by atoms with E-state index in [2.05, 4.69) is 5.32 Å². The van der Waals surface area contributed by atoms with E-state index in [1.807, 2.05) is 26.0 Å². The van der Waals surface area contributed by atoms with Gasteiger partial charge in [-0.15, -0.1) is 0 Å². The lowest BCUT2D eigenvalue weighted by Gasteiger charge is -2.18. The molecular formula is C28H24FNO5. The molecule has 0 saturated heterocycles. The number of ether oxygens (including phenoxy) is 3. The first-order valence-corrected chi connectivity index (χ1v) is 11.3. The highest BCUT2D eigenvalue weighted by Crippen LogP contribution is 2.38. The van der Waals surface area contributed by atoms with E-state index in [0.29, 0.717) is 48.3 Å². The minimum absolute atomic E-state index is 0.285. The molecule has 0 fully saturated rings. The maximum atomic E-state index is 13.4. The first-order chi connectivity index (χ1) is 17.0. The molecule has 0 unspecified atom stereocenters. The second-order valence-electron chi connectivity index (χ2n) is 8.11. The molecular weight excluding hydrogens is 449 g/mol. The van der Waals surface area contributed by atoms with Gasteiger partial charge < -0.3 is 23.9 Å². The van der Waals surface area contributed by atoms with Crippen LogP contribution in [-0.2, 0) is 4.79 Å². The van der Waals surface area contributed by atoms with Crippen molar-refractivity contribution in [2.24, 2.45) is 0 Å². The van der Waals surface area contributed by atoms with Crippen molar-refractivity contribution < 1.29 is 27.8 Å². The van der Waals surface area contributed by atoms with E-state index in [4.69, 9.17) is 18.6 Å². The van der Waals surface area contributed by atoms with E-state index in [1.54, 1.807) is 36.6 Å². The van der Waals surface area contributed by atoms with Gasteiger partial charge in [0.05, 0.1) is 12.9 Å². The standard InChI is InChI=1S/C28H24FNO5/c1-3-32-25-15-26-22(23(16-35-26)18-4-6-19(29)7-5-18)14-21(25)17(2)12-28(31)30-20-8-9-24-27(13-20)34-11-10-33-24/h4-9,12-16H,3,10-11H2,1-2H3,(H,30,31)/b17-12+. The van der Waals surface area contributed by atoms with Gasteiger partial charge in [0.15, 0.2) is 11.5 Å². The largest absolute Gasteiger partial charge is 0.493 e. The van der Waals surface area contributed by atoms with Gasteiger partial charge in [-0.2, -0.15) is 0 Å². The van der Waals surface area contributed by atoms with Crippen LogP contribution in [0, 0.1) is 5.82 Å². The molecule has 178 valence electrons. The zero-order chi connectivity index (χ0) is 24.4. The summed E-state index contributed by atoms with van der Waals surface area (Å²) in [6.07, 6.45) is 3.17. The molecule has 0 spiro atoms. The minimum Gasteiger partial charge on any atom is -0.493 e. The Balaban J connectivity index is 1.46. The van der Waals surface area contributed by atoms with Gasteiger partial charge in [0, 0.05) is 40.4 Å². The Kier molecular flexibility index (Phi) is 6.14. The fraction of sp³-hybridized carbons (Fsp3) is 0.179. The summed E-state index contributed by atoms with van der Waals surface area (Å²) in [6, 6.07) is 15.3. The number of halogens is 1. The third-order valence-corrected chi connectivity index (χ3v) is 5.71. The van der Waals surface area contributed by atoms with Crippen LogP contribution in [0.3, 0.4) is 0 Å². The molecule has 0 saturated carbocycles. The van der Waals surface area contributed by atoms with E-state index in [1.165, 1.54) is 18.2 Å². The average molecular weight is 474 g/mol. The molecule has 0 radical (unpaired) electrons. The van der Waals surface area contributed by atoms with E-state index in [9.17, 15) is 9.18 Å². The molecule has 1 aliphatic heterocycles. The van der Waals surface area contributed by atoms with Crippen LogP contribution in [0.15, 0.2) is 71.4 Å². The number of allylic oxidation sites excluding steroid dienone is 1. The number of nitrogens with one attached hydrogen (secondary N) is 1. The Morgan fingerprint density at radius 1 is 1.06 bits per heavy atom. The van der Waals surface area contributed by atoms with E-state index in [0.717, 1.165) is 27.6 Å². The van der Waals surface area contributed by atoms with Gasteiger partial charge in [0.2, 0.25) is 5.91 Å². The quantitative estimate of drug-likeness (QED) is 0.326. The Bertz CT molecular complexity index is 1420. The van der Waals surface area contributed by atoms with E-state index >= 15 is 0 Å². The highest BCUT2D eigenvalue weighted by molar-refractivity contribution is 6.05. The van der Waals surface area contributed by atoms with Crippen molar-refractivity contribution in [2.75, 3.05) is 25.1 Å². The lowest BCUT2D eigenvalue weighted by Crippen LogP contribution is -2.16. The van der Waals surface area contributed by atoms with Crippen molar-refractivity contribution in [3.05, 3.63) is 78.3 Å². The summed E-state index contributed by atoms with van der Waals surface area (Å²) in [6.45, 7) is 5.19. The molecule has 7 heteroatoms. The molecule has 35 heavy (non-hydrogen) atoms. The number of carbonyl (C=O) groups is 1. The smallest absolute Gasteiger partial charge is 0.248 e. The lowest BCUT2D eigenvalue weighted by molar-refractivity contribution is -0.111. The predicted molar refractivity (Wildman–Crippen MR) is 132 cm³/mol. The van der Waals surface area contributed by atoms with Gasteiger partial charge in [-0.1, -0.05) is 12.1 Å². The zero-order valence-corrected chi connectivity index (χ0v) is 19.4. The molecule has 4 aromatic rings. The molecule has 3 aromatic carbocycles. The summed E-state index contributed by atoms with van der Waals surface area (Å²) >= 11 is 0. The molecule has 0 aliphatic carbocycles. The van der Waals surface area contributed by atoms with Crippen LogP contribution < -0.4 is 19.5 Å². The molecule has 1 aromatic heterocycles. The van der Waals surface area contributed by atoms with Crippen molar-refractivity contribution in [2.45, 2.75) is 13.8 Å². The third kappa shape index (κ3) is 4.71. The number of amides is 1. The van der Waals surface area contributed by atoms with Crippen molar-refractivity contribution in [1.82, 2.24) is 0 Å². The zero-order valence-electron chi connectivity index (χ0n) is 19.4. The van der Waals surface area contributed by atoms with Gasteiger partial charge >= 0.3 is 0 Å². The molecule has 0 atom stereocenters. The Morgan fingerprint density at radius 2 is 1.83 bits per heavy atom. The summed E-state index contributed by atoms with van der Waals surface area (Å²) in [5.74, 6) is 1.29. The first kappa shape index (κ1) is 22.5. The number of anilines is 1. The Morgan fingerprint density at radius 3 is 2.60 bits per heavy atom. The molecule has 1 amide bonds. The minimum atomic E-state index is -0.302. The number of rotatable bonds is 6. The maximum Gasteiger partial charge on any atom is 0.248 e. The van der Waals surface area contributed by atoms with Crippen LogP contribution in [0.5, 0.6) is 17.2 Å². The van der Waals surface area contributed by atoms with E-state index < -0.39 is 0 Å². The van der Waals surface area contributed by atoms with Crippen LogP contribution in [0.1, 0.15) is 19.4 Å². The van der Waals surface area contributed by atoms with Gasteiger partial charge in [-0.3, -0.25) is 4.79 Å². The molecule has 0 bridgehead atoms. The lowest BCUT2D eigenvalue weighted by atomic mass is 9.99. The average Bonchev–Trinajstić information content (AvgIpc) is 3.27. The fourth-order valence-electron chi connectivity index (χ4n) is 4.06. The molecule has 1 N–H and O–H groups in total. The van der Waals surface area contributed by atoms with Crippen molar-refractivity contribution in [3.63, 3.8) is 0 Å². The van der Waals surface area contributed by atoms with Gasteiger partial charge in [-0.05, 0) is 55.3 Å². The number of benzene rings is 3. The van der Waals surface area contributed by atoms with Gasteiger partial charge in [0.25, 0.3) is 0 Å². The van der Waals surface area contributed by atoms with Crippen molar-refractivity contribution in [1.29, 1.82) is 0 Å². The van der Waals surface area contributed by atoms with Crippen molar-refractivity contribution in [3.8, 4) is 28.4 Å². The monoisotopic (exact) mass is 473 g/mol. The van der Waals surface area contributed by atoms with Crippen LogP contribution in [0.25, 0.3) is 27.7 Å². The summed E-state index contributed by atoms with van der Waals surface area (Å²) in [7, 11) is 0. The second-order valence-corrected chi connectivity index (χ2v) is 8.11. The highest BCUT2D eigenvalue weighted by Gasteiger charge is 2.16. The highest BCUT2D eigenvalue weighted by atomic mass is 19.1. The van der Waals surface area contributed by atoms with Gasteiger partial charge in [0.1, 0.15) is 30.4 Å². The summed E-state index contributed by atoms with van der Waals surface area (Å²) < 4.78 is 36.1. The number of hydrogen-bond acceptors (Lipinski definition) is 5. The normalized spacial score (nSPS) is 13.1. The Hall–Kier alpha value is -4.26. The predicted octanol–water partition coefficient (Wildman–Crippen LogP) is 6.45. The summed E-state index contributed by atoms with van der Waals surface area (Å²) in [5, 5.41) is 3.72. The molecule has 1 aliphatic rings. The van der Waals surface area contributed by atoms with Crippen molar-refractivity contribution >= 4 is 28.1 Å². The third-order valence-electron chi connectivity index (χ3n) is 5.71. The van der Waals surface area contributed by atoms with Crippen LogP contribution >= 0.6 is 0 Å². The second kappa shape index (κ2) is 9.54. The van der Waals surface area contributed by atoms with Crippen LogP contribution in [0.2, 0.25) is 0 Å². The van der Waals surface area contributed by atoms with Crippen LogP contribution in [0.4, 0.5) is 10.1 Å². The first-order valence-electron chi connectivity index (χ1n) is 11.3. The molecule has 2 heterocycles. The number of carbonyl (C=O) groups excluding carboxylic acids is 1. The van der Waals surface area contributed by atoms with E-state index in [-0.39, 0.29) is 11.7 Å². The Labute approximate surface area is 201 Å². The number of hydrogen-bond donors (Lipinski definition) is 1. The van der Waals surface area contributed by atoms with Crippen LogP contribution in [-0.4, -0.2) is 25.7 Å². The molecule has 6 nitrogen and oxygen atoms in total. The SMILES string of the molecule is CCOc1cc2occ(-c3ccc(F)cc3)c2cc1/C(C)=C/C(=O)Nc1ccc2c(c1)OCCO2. The maximum absolute atomic E-state index is 13.4. The number of fused-ring (bicyclic) bond motifs is 2. The van der Waals surface area contributed by atoms with Gasteiger partial charge in [-0.25, -0.2) is 4.39 Å². The summed E-state index contributed by atoms with van der Waals surface area (Å²) in [5.41, 5.74) is 4.40. The summed E-state index contributed by atoms with van der Waals surface area (Å²) in [4.78, 5) is 12.8.